The van der Waals surface area contributed by atoms with Gasteiger partial charge >= 0.3 is 0 Å². The zero-order chi connectivity index (χ0) is 19.6. The van der Waals surface area contributed by atoms with E-state index in [4.69, 9.17) is 0 Å². The van der Waals surface area contributed by atoms with Crippen LogP contribution in [0.25, 0.3) is 0 Å². The Bertz CT molecular complexity index is 940. The molecule has 3 rings (SSSR count). The Morgan fingerprint density at radius 3 is 2.63 bits per heavy atom. The molecular weight excluding hydrogens is 364 g/mol. The van der Waals surface area contributed by atoms with Crippen molar-refractivity contribution in [3.8, 4) is 0 Å². The molecule has 0 spiro atoms. The van der Waals surface area contributed by atoms with Gasteiger partial charge in [0, 0.05) is 25.2 Å². The fourth-order valence-electron chi connectivity index (χ4n) is 3.12. The van der Waals surface area contributed by atoms with Gasteiger partial charge in [-0.25, -0.2) is 13.4 Å². The molecule has 0 fully saturated rings. The smallest absolute Gasteiger partial charge is 0.261 e. The van der Waals surface area contributed by atoms with E-state index in [0.717, 1.165) is 24.1 Å². The highest BCUT2D eigenvalue weighted by molar-refractivity contribution is 7.92. The van der Waals surface area contributed by atoms with Gasteiger partial charge in [-0.15, -0.1) is 0 Å². The van der Waals surface area contributed by atoms with Gasteiger partial charge in [0.15, 0.2) is 0 Å². The third kappa shape index (κ3) is 4.39. The van der Waals surface area contributed by atoms with Crippen molar-refractivity contribution in [2.45, 2.75) is 44.6 Å². The number of rotatable bonds is 5. The van der Waals surface area contributed by atoms with E-state index in [2.05, 4.69) is 15.0 Å². The first kappa shape index (κ1) is 19.2. The van der Waals surface area contributed by atoms with Crippen LogP contribution in [0.2, 0.25) is 0 Å². The van der Waals surface area contributed by atoms with Gasteiger partial charge in [-0.3, -0.25) is 9.52 Å². The van der Waals surface area contributed by atoms with Crippen LogP contribution in [-0.2, 0) is 21.2 Å². The molecule has 2 N–H and O–H groups in total. The quantitative estimate of drug-likeness (QED) is 0.822. The molecule has 2 aromatic rings. The lowest BCUT2D eigenvalue weighted by molar-refractivity contribution is -0.116. The molecule has 27 heavy (non-hydrogen) atoms. The highest BCUT2D eigenvalue weighted by Gasteiger charge is 2.23. The zero-order valence-corrected chi connectivity index (χ0v) is 16.5. The van der Waals surface area contributed by atoms with Crippen molar-refractivity contribution in [2.24, 2.45) is 0 Å². The summed E-state index contributed by atoms with van der Waals surface area (Å²) in [5.41, 5.74) is 2.06. The van der Waals surface area contributed by atoms with Crippen LogP contribution in [0.4, 0.5) is 17.2 Å². The van der Waals surface area contributed by atoms with E-state index in [1.165, 1.54) is 19.2 Å². The fraction of sp³-hybridized carbons (Fsp3) is 0.368. The molecule has 8 heteroatoms. The number of fused-ring (bicyclic) bond motifs is 1. The summed E-state index contributed by atoms with van der Waals surface area (Å²) in [6.45, 7) is 6.18. The van der Waals surface area contributed by atoms with Gasteiger partial charge in [-0.1, -0.05) is 0 Å². The van der Waals surface area contributed by atoms with Crippen molar-refractivity contribution in [2.75, 3.05) is 21.5 Å². The topological polar surface area (TPSA) is 91.4 Å². The number of hydrogen-bond acceptors (Lipinski definition) is 5. The molecular formula is C19H24N4O3S. The average molecular weight is 388 g/mol. The second-order valence-electron chi connectivity index (χ2n) is 6.90. The standard InChI is InChI=1S/C19H24N4O3S/c1-13(2)21-19-9-6-16(12-20-19)22-27(25,26)17-7-8-18-15(11-17)5-4-10-23(18)14(3)24/h6-9,11-13,22H,4-5,10H2,1-3H3,(H,20,21). The third-order valence-electron chi connectivity index (χ3n) is 4.31. The van der Waals surface area contributed by atoms with E-state index in [1.807, 2.05) is 13.8 Å². The predicted octanol–water partition coefficient (Wildman–Crippen LogP) is 3.00. The van der Waals surface area contributed by atoms with Crippen molar-refractivity contribution in [1.29, 1.82) is 0 Å². The summed E-state index contributed by atoms with van der Waals surface area (Å²) in [6.07, 6.45) is 3.05. The SMILES string of the molecule is CC(=O)N1CCCc2cc(S(=O)(=O)Nc3ccc(NC(C)C)nc3)ccc21. The largest absolute Gasteiger partial charge is 0.368 e. The average Bonchev–Trinajstić information content (AvgIpc) is 2.61. The van der Waals surface area contributed by atoms with Gasteiger partial charge in [0.25, 0.3) is 10.0 Å². The molecule has 0 atom stereocenters. The fourth-order valence-corrected chi connectivity index (χ4v) is 4.21. The van der Waals surface area contributed by atoms with E-state index < -0.39 is 10.0 Å². The maximum atomic E-state index is 12.7. The predicted molar refractivity (Wildman–Crippen MR) is 107 cm³/mol. The lowest BCUT2D eigenvalue weighted by Crippen LogP contribution is -2.33. The van der Waals surface area contributed by atoms with E-state index in [0.29, 0.717) is 18.1 Å². The Morgan fingerprint density at radius 2 is 2.00 bits per heavy atom. The Labute approximate surface area is 159 Å². The number of carbonyl (C=O) groups excluding carboxylic acids is 1. The first-order valence-corrected chi connectivity index (χ1v) is 10.4. The summed E-state index contributed by atoms with van der Waals surface area (Å²) in [6, 6.07) is 8.53. The minimum atomic E-state index is -3.73. The Balaban J connectivity index is 1.82. The van der Waals surface area contributed by atoms with Crippen molar-refractivity contribution in [1.82, 2.24) is 4.98 Å². The third-order valence-corrected chi connectivity index (χ3v) is 5.69. The second-order valence-corrected chi connectivity index (χ2v) is 8.58. The van der Waals surface area contributed by atoms with Gasteiger partial charge in [-0.05, 0) is 62.6 Å². The highest BCUT2D eigenvalue weighted by atomic mass is 32.2. The molecule has 2 heterocycles. The molecule has 7 nitrogen and oxygen atoms in total. The number of sulfonamides is 1. The minimum Gasteiger partial charge on any atom is -0.368 e. The van der Waals surface area contributed by atoms with Crippen molar-refractivity contribution in [3.05, 3.63) is 42.1 Å². The number of nitrogens with one attached hydrogen (secondary N) is 2. The van der Waals surface area contributed by atoms with E-state index in [-0.39, 0.29) is 16.8 Å². The van der Waals surface area contributed by atoms with E-state index in [1.54, 1.807) is 29.2 Å². The number of aromatic nitrogens is 1. The monoisotopic (exact) mass is 388 g/mol. The number of carbonyl (C=O) groups is 1. The van der Waals surface area contributed by atoms with Crippen molar-refractivity contribution < 1.29 is 13.2 Å². The number of anilines is 3. The van der Waals surface area contributed by atoms with Gasteiger partial charge in [0.2, 0.25) is 5.91 Å². The summed E-state index contributed by atoms with van der Waals surface area (Å²) in [5, 5.41) is 3.15. The van der Waals surface area contributed by atoms with Crippen LogP contribution >= 0.6 is 0 Å². The summed E-state index contributed by atoms with van der Waals surface area (Å²) in [5.74, 6) is 0.650. The first-order valence-electron chi connectivity index (χ1n) is 8.93. The number of benzene rings is 1. The Morgan fingerprint density at radius 1 is 1.22 bits per heavy atom. The molecule has 0 bridgehead atoms. The van der Waals surface area contributed by atoms with Gasteiger partial charge < -0.3 is 10.2 Å². The van der Waals surface area contributed by atoms with Gasteiger partial charge in [0.05, 0.1) is 16.8 Å². The zero-order valence-electron chi connectivity index (χ0n) is 15.7. The van der Waals surface area contributed by atoms with Crippen LogP contribution in [0.1, 0.15) is 32.8 Å². The number of nitrogens with zero attached hydrogens (tertiary/aromatic N) is 2. The maximum absolute atomic E-state index is 12.7. The van der Waals surface area contributed by atoms with Gasteiger partial charge in [-0.2, -0.15) is 0 Å². The molecule has 1 amide bonds. The van der Waals surface area contributed by atoms with Crippen LogP contribution in [0.15, 0.2) is 41.4 Å². The molecule has 0 saturated carbocycles. The molecule has 0 unspecified atom stereocenters. The molecule has 0 radical (unpaired) electrons. The molecule has 144 valence electrons. The van der Waals surface area contributed by atoms with Crippen LogP contribution in [0, 0.1) is 0 Å². The molecule has 0 saturated heterocycles. The van der Waals surface area contributed by atoms with E-state index >= 15 is 0 Å². The molecule has 1 aromatic heterocycles. The maximum Gasteiger partial charge on any atom is 0.261 e. The summed E-state index contributed by atoms with van der Waals surface area (Å²) >= 11 is 0. The van der Waals surface area contributed by atoms with E-state index in [9.17, 15) is 13.2 Å². The minimum absolute atomic E-state index is 0.0362. The van der Waals surface area contributed by atoms with Crippen LogP contribution in [0.3, 0.4) is 0 Å². The number of pyridine rings is 1. The van der Waals surface area contributed by atoms with Crippen molar-refractivity contribution in [3.63, 3.8) is 0 Å². The highest BCUT2D eigenvalue weighted by Crippen LogP contribution is 2.30. The molecule has 1 aliphatic rings. The lowest BCUT2D eigenvalue weighted by Gasteiger charge is -2.28. The van der Waals surface area contributed by atoms with Crippen molar-refractivity contribution >= 4 is 33.1 Å². The first-order chi connectivity index (χ1) is 12.8. The summed E-state index contributed by atoms with van der Waals surface area (Å²) < 4.78 is 28.0. The molecule has 0 aliphatic carbocycles. The van der Waals surface area contributed by atoms with Crippen LogP contribution in [0.5, 0.6) is 0 Å². The summed E-state index contributed by atoms with van der Waals surface area (Å²) in [7, 11) is -3.73. The number of hydrogen-bond donors (Lipinski definition) is 2. The molecule has 1 aliphatic heterocycles. The Hall–Kier alpha value is -2.61. The Kier molecular flexibility index (Phi) is 5.36. The summed E-state index contributed by atoms with van der Waals surface area (Å²) in [4.78, 5) is 17.8. The number of aryl methyl sites for hydroxylation is 1. The van der Waals surface area contributed by atoms with Gasteiger partial charge in [0.1, 0.15) is 5.82 Å². The second kappa shape index (κ2) is 7.56. The lowest BCUT2D eigenvalue weighted by atomic mass is 10.0. The number of amides is 1. The normalized spacial score (nSPS) is 14.0. The van der Waals surface area contributed by atoms with Crippen LogP contribution < -0.4 is 14.9 Å². The van der Waals surface area contributed by atoms with Crippen LogP contribution in [-0.4, -0.2) is 31.9 Å². The molecule has 1 aromatic carbocycles.